The highest BCUT2D eigenvalue weighted by molar-refractivity contribution is 7.99. The van der Waals surface area contributed by atoms with Crippen LogP contribution in [0.3, 0.4) is 0 Å². The second-order valence-corrected chi connectivity index (χ2v) is 5.89. The molecule has 0 saturated carbocycles. The van der Waals surface area contributed by atoms with E-state index in [0.717, 1.165) is 26.8 Å². The maximum absolute atomic E-state index is 5.89. The first-order valence-corrected chi connectivity index (χ1v) is 7.29. The quantitative estimate of drug-likeness (QED) is 0.773. The van der Waals surface area contributed by atoms with Crippen molar-refractivity contribution in [3.05, 3.63) is 47.7 Å². The predicted molar refractivity (Wildman–Crippen MR) is 81.8 cm³/mol. The highest BCUT2D eigenvalue weighted by Crippen LogP contribution is 2.27. The number of aryl methyl sites for hydroxylation is 1. The van der Waals surface area contributed by atoms with E-state index < -0.39 is 0 Å². The van der Waals surface area contributed by atoms with Crippen molar-refractivity contribution >= 4 is 22.8 Å². The zero-order valence-corrected chi connectivity index (χ0v) is 12.2. The zero-order chi connectivity index (χ0) is 14.1. The summed E-state index contributed by atoms with van der Waals surface area (Å²) in [6, 6.07) is 10.1. The third kappa shape index (κ3) is 2.69. The Hall–Kier alpha value is -1.85. The molecule has 0 unspecified atom stereocenters. The second kappa shape index (κ2) is 5.26. The van der Waals surface area contributed by atoms with Gasteiger partial charge in [-0.3, -0.25) is 0 Å². The van der Waals surface area contributed by atoms with Gasteiger partial charge < -0.3 is 10.7 Å². The van der Waals surface area contributed by atoms with Crippen LogP contribution in [0.4, 0.5) is 0 Å². The monoisotopic (exact) mass is 284 g/mol. The number of benzene rings is 1. The van der Waals surface area contributed by atoms with Gasteiger partial charge in [0.25, 0.3) is 0 Å². The molecule has 4 nitrogen and oxygen atoms in total. The summed E-state index contributed by atoms with van der Waals surface area (Å²) in [5.74, 6) is 0. The third-order valence-electron chi connectivity index (χ3n) is 3.10. The first kappa shape index (κ1) is 13.1. The predicted octanol–water partition coefficient (Wildman–Crippen LogP) is 3.44. The number of nitrogens with one attached hydrogen (secondary N) is 1. The van der Waals surface area contributed by atoms with Crippen LogP contribution in [0.15, 0.2) is 46.7 Å². The van der Waals surface area contributed by atoms with Crippen LogP contribution < -0.4 is 5.73 Å². The van der Waals surface area contributed by atoms with Crippen molar-refractivity contribution in [1.29, 1.82) is 0 Å². The number of hydrogen-bond acceptors (Lipinski definition) is 4. The number of rotatable bonds is 3. The van der Waals surface area contributed by atoms with E-state index in [-0.39, 0.29) is 6.04 Å². The van der Waals surface area contributed by atoms with E-state index in [4.69, 9.17) is 5.73 Å². The number of fused-ring (bicyclic) bond motifs is 1. The molecule has 20 heavy (non-hydrogen) atoms. The molecular formula is C15H16N4S. The van der Waals surface area contributed by atoms with E-state index >= 15 is 0 Å². The first-order valence-electron chi connectivity index (χ1n) is 6.47. The van der Waals surface area contributed by atoms with E-state index in [0.29, 0.717) is 0 Å². The van der Waals surface area contributed by atoms with Crippen molar-refractivity contribution in [1.82, 2.24) is 15.0 Å². The van der Waals surface area contributed by atoms with E-state index in [2.05, 4.69) is 34.0 Å². The molecule has 0 radical (unpaired) electrons. The third-order valence-corrected chi connectivity index (χ3v) is 3.92. The van der Waals surface area contributed by atoms with E-state index in [9.17, 15) is 0 Å². The average molecular weight is 284 g/mol. The standard InChI is InChI=1S/C15H16N4S/c1-9-3-4-12-13(7-9)19-15(18-12)20-14-8-11(10(2)16)5-6-17-14/h3-8,10H,16H2,1-2H3,(H,18,19)/t10-/m0/s1. The topological polar surface area (TPSA) is 67.6 Å². The molecule has 0 aliphatic carbocycles. The summed E-state index contributed by atoms with van der Waals surface area (Å²) in [7, 11) is 0. The SMILES string of the molecule is Cc1ccc2nc(Sc3cc([C@H](C)N)ccn3)[nH]c2c1. The smallest absolute Gasteiger partial charge is 0.172 e. The molecule has 2 aromatic heterocycles. The van der Waals surface area contributed by atoms with Gasteiger partial charge in [-0.1, -0.05) is 6.07 Å². The summed E-state index contributed by atoms with van der Waals surface area (Å²) in [6.07, 6.45) is 1.79. The number of H-pyrrole nitrogens is 1. The highest BCUT2D eigenvalue weighted by atomic mass is 32.2. The fourth-order valence-electron chi connectivity index (χ4n) is 2.01. The Morgan fingerprint density at radius 2 is 2.10 bits per heavy atom. The summed E-state index contributed by atoms with van der Waals surface area (Å²) in [4.78, 5) is 12.2. The Kier molecular flexibility index (Phi) is 3.46. The van der Waals surface area contributed by atoms with Crippen LogP contribution in [0.5, 0.6) is 0 Å². The molecule has 0 saturated heterocycles. The lowest BCUT2D eigenvalue weighted by atomic mass is 10.1. The summed E-state index contributed by atoms with van der Waals surface area (Å²) >= 11 is 1.52. The van der Waals surface area contributed by atoms with Gasteiger partial charge in [-0.15, -0.1) is 0 Å². The summed E-state index contributed by atoms with van der Waals surface area (Å²) in [5, 5.41) is 1.75. The molecule has 0 amide bonds. The lowest BCUT2D eigenvalue weighted by molar-refractivity contribution is 0.808. The Bertz CT molecular complexity index is 748. The van der Waals surface area contributed by atoms with Crippen LogP contribution in [0, 0.1) is 6.92 Å². The molecule has 1 atom stereocenters. The minimum atomic E-state index is 0.00988. The Morgan fingerprint density at radius 1 is 1.25 bits per heavy atom. The molecule has 3 N–H and O–H groups in total. The maximum Gasteiger partial charge on any atom is 0.172 e. The Balaban J connectivity index is 1.90. The molecule has 3 rings (SSSR count). The van der Waals surface area contributed by atoms with Crippen LogP contribution in [0.2, 0.25) is 0 Å². The van der Waals surface area contributed by atoms with Crippen molar-refractivity contribution < 1.29 is 0 Å². The van der Waals surface area contributed by atoms with E-state index in [1.807, 2.05) is 25.1 Å². The van der Waals surface area contributed by atoms with Gasteiger partial charge in [0.2, 0.25) is 0 Å². The lowest BCUT2D eigenvalue weighted by Crippen LogP contribution is -2.04. The molecule has 0 bridgehead atoms. The summed E-state index contributed by atoms with van der Waals surface area (Å²) in [6.45, 7) is 4.04. The number of nitrogens with two attached hydrogens (primary N) is 1. The van der Waals surface area contributed by atoms with Crippen molar-refractivity contribution in [3.8, 4) is 0 Å². The molecule has 102 valence electrons. The molecule has 0 aliphatic rings. The molecule has 0 spiro atoms. The molecule has 5 heteroatoms. The number of nitrogens with zero attached hydrogens (tertiary/aromatic N) is 2. The van der Waals surface area contributed by atoms with Gasteiger partial charge in [0.1, 0.15) is 5.03 Å². The van der Waals surface area contributed by atoms with Gasteiger partial charge in [-0.05, 0) is 61.0 Å². The van der Waals surface area contributed by atoms with Gasteiger partial charge in [-0.2, -0.15) is 0 Å². The van der Waals surface area contributed by atoms with Crippen molar-refractivity contribution in [3.63, 3.8) is 0 Å². The minimum absolute atomic E-state index is 0.00988. The summed E-state index contributed by atoms with van der Waals surface area (Å²) < 4.78 is 0. The van der Waals surface area contributed by atoms with Crippen LogP contribution in [-0.4, -0.2) is 15.0 Å². The van der Waals surface area contributed by atoms with Crippen LogP contribution in [0.1, 0.15) is 24.1 Å². The minimum Gasteiger partial charge on any atom is -0.333 e. The number of pyridine rings is 1. The van der Waals surface area contributed by atoms with Crippen LogP contribution >= 0.6 is 11.8 Å². The van der Waals surface area contributed by atoms with E-state index in [1.54, 1.807) is 6.20 Å². The highest BCUT2D eigenvalue weighted by Gasteiger charge is 2.07. The fourth-order valence-corrected chi connectivity index (χ4v) is 2.82. The maximum atomic E-state index is 5.89. The van der Waals surface area contributed by atoms with E-state index in [1.165, 1.54) is 17.3 Å². The van der Waals surface area contributed by atoms with Gasteiger partial charge in [0, 0.05) is 12.2 Å². The first-order chi connectivity index (χ1) is 9.61. The molecule has 2 heterocycles. The molecule has 3 aromatic rings. The second-order valence-electron chi connectivity index (χ2n) is 4.88. The summed E-state index contributed by atoms with van der Waals surface area (Å²) in [5.41, 5.74) is 10.2. The van der Waals surface area contributed by atoms with Crippen LogP contribution in [-0.2, 0) is 0 Å². The normalized spacial score (nSPS) is 12.8. The van der Waals surface area contributed by atoms with Crippen molar-refractivity contribution in [2.75, 3.05) is 0 Å². The van der Waals surface area contributed by atoms with Crippen molar-refractivity contribution in [2.24, 2.45) is 5.73 Å². The molecule has 0 fully saturated rings. The molecular weight excluding hydrogens is 268 g/mol. The molecule has 1 aromatic carbocycles. The van der Waals surface area contributed by atoms with Gasteiger partial charge in [-0.25, -0.2) is 9.97 Å². The van der Waals surface area contributed by atoms with Crippen molar-refractivity contribution in [2.45, 2.75) is 30.1 Å². The zero-order valence-electron chi connectivity index (χ0n) is 11.4. The van der Waals surface area contributed by atoms with Gasteiger partial charge >= 0.3 is 0 Å². The van der Waals surface area contributed by atoms with Crippen LogP contribution in [0.25, 0.3) is 11.0 Å². The molecule has 0 aliphatic heterocycles. The van der Waals surface area contributed by atoms with Gasteiger partial charge in [0.15, 0.2) is 5.16 Å². The fraction of sp³-hybridized carbons (Fsp3) is 0.200. The Morgan fingerprint density at radius 3 is 2.90 bits per heavy atom. The number of hydrogen-bond donors (Lipinski definition) is 2. The Labute approximate surface area is 121 Å². The number of aromatic amines is 1. The van der Waals surface area contributed by atoms with Gasteiger partial charge in [0.05, 0.1) is 11.0 Å². The lowest BCUT2D eigenvalue weighted by Gasteiger charge is -2.05. The number of aromatic nitrogens is 3. The number of imidazole rings is 1. The average Bonchev–Trinajstić information content (AvgIpc) is 2.80. The largest absolute Gasteiger partial charge is 0.333 e.